The van der Waals surface area contributed by atoms with E-state index in [2.05, 4.69) is 28.0 Å². The molecule has 130 valence electrons. The third-order valence-corrected chi connectivity index (χ3v) is 4.33. The summed E-state index contributed by atoms with van der Waals surface area (Å²) < 4.78 is 40.0. The van der Waals surface area contributed by atoms with Crippen molar-refractivity contribution in [1.82, 2.24) is 5.32 Å². The van der Waals surface area contributed by atoms with Crippen molar-refractivity contribution in [3.63, 3.8) is 0 Å². The molecule has 1 aromatic heterocycles. The van der Waals surface area contributed by atoms with Crippen LogP contribution in [0.2, 0.25) is 0 Å². The van der Waals surface area contributed by atoms with E-state index in [0.29, 0.717) is 6.54 Å². The van der Waals surface area contributed by atoms with Crippen molar-refractivity contribution in [2.24, 2.45) is 10.7 Å². The van der Waals surface area contributed by atoms with E-state index in [0.717, 1.165) is 12.0 Å². The molecule has 0 aliphatic rings. The fourth-order valence-electron chi connectivity index (χ4n) is 1.91. The van der Waals surface area contributed by atoms with E-state index < -0.39 is 6.36 Å². The van der Waals surface area contributed by atoms with Crippen molar-refractivity contribution in [3.05, 3.63) is 51.7 Å². The molecular weight excluding hydrogens is 339 g/mol. The number of nitrogens with two attached hydrogens (primary N) is 1. The largest absolute Gasteiger partial charge is 0.573 e. The topological polar surface area (TPSA) is 59.6 Å². The first kappa shape index (κ1) is 18.1. The molecule has 2 aromatic rings. The number of hydrogen-bond acceptors (Lipinski definition) is 3. The number of guanidine groups is 1. The van der Waals surface area contributed by atoms with Gasteiger partial charge in [-0.05, 0) is 36.2 Å². The van der Waals surface area contributed by atoms with Gasteiger partial charge in [-0.15, -0.1) is 24.5 Å². The van der Waals surface area contributed by atoms with Crippen LogP contribution in [0.4, 0.5) is 13.2 Å². The van der Waals surface area contributed by atoms with Crippen LogP contribution in [0.15, 0.2) is 41.4 Å². The van der Waals surface area contributed by atoms with E-state index >= 15 is 0 Å². The molecule has 0 saturated carbocycles. The maximum atomic E-state index is 12.1. The van der Waals surface area contributed by atoms with Crippen LogP contribution in [0.3, 0.4) is 0 Å². The molecule has 0 spiro atoms. The Bertz CT molecular complexity index is 681. The highest BCUT2D eigenvalue weighted by atomic mass is 32.1. The summed E-state index contributed by atoms with van der Waals surface area (Å²) in [6.07, 6.45) is -3.68. The molecule has 0 unspecified atom stereocenters. The molecule has 8 heteroatoms. The van der Waals surface area contributed by atoms with Crippen LogP contribution < -0.4 is 15.8 Å². The van der Waals surface area contributed by atoms with Gasteiger partial charge in [-0.2, -0.15) is 0 Å². The molecule has 0 amide bonds. The molecule has 0 saturated heterocycles. The average molecular weight is 357 g/mol. The Kier molecular flexibility index (Phi) is 6.08. The van der Waals surface area contributed by atoms with Crippen LogP contribution in [-0.4, -0.2) is 12.3 Å². The summed E-state index contributed by atoms with van der Waals surface area (Å²) in [7, 11) is 0. The van der Waals surface area contributed by atoms with Crippen LogP contribution in [0.5, 0.6) is 5.75 Å². The molecule has 0 aliphatic carbocycles. The zero-order valence-corrected chi connectivity index (χ0v) is 13.9. The fraction of sp³-hybridized carbons (Fsp3) is 0.312. The lowest BCUT2D eigenvalue weighted by Crippen LogP contribution is -2.30. The minimum absolute atomic E-state index is 0.259. The lowest BCUT2D eigenvalue weighted by Gasteiger charge is -2.09. The summed E-state index contributed by atoms with van der Waals surface area (Å²) in [6.45, 7) is 2.97. The van der Waals surface area contributed by atoms with E-state index in [1.54, 1.807) is 11.3 Å². The van der Waals surface area contributed by atoms with Gasteiger partial charge in [0.1, 0.15) is 5.75 Å². The van der Waals surface area contributed by atoms with Gasteiger partial charge < -0.3 is 15.8 Å². The van der Waals surface area contributed by atoms with E-state index in [-0.39, 0.29) is 18.3 Å². The third-order valence-electron chi connectivity index (χ3n) is 3.10. The highest BCUT2D eigenvalue weighted by Gasteiger charge is 2.30. The Balaban J connectivity index is 1.83. The van der Waals surface area contributed by atoms with Crippen molar-refractivity contribution >= 4 is 17.3 Å². The second-order valence-corrected chi connectivity index (χ2v) is 6.22. The van der Waals surface area contributed by atoms with Gasteiger partial charge in [-0.3, -0.25) is 0 Å². The Morgan fingerprint density at radius 1 is 1.17 bits per heavy atom. The predicted octanol–water partition coefficient (Wildman–Crippen LogP) is 3.81. The van der Waals surface area contributed by atoms with Gasteiger partial charge in [0.15, 0.2) is 5.96 Å². The van der Waals surface area contributed by atoms with Gasteiger partial charge in [0.25, 0.3) is 0 Å². The number of aliphatic imine (C=N–C) groups is 1. The average Bonchev–Trinajstić information content (AvgIpc) is 2.99. The number of benzene rings is 1. The number of alkyl halides is 3. The molecular formula is C16H18F3N3OS. The van der Waals surface area contributed by atoms with Crippen LogP contribution in [0.1, 0.15) is 22.2 Å². The van der Waals surface area contributed by atoms with Crippen LogP contribution in [0.25, 0.3) is 0 Å². The smallest absolute Gasteiger partial charge is 0.406 e. The van der Waals surface area contributed by atoms with Crippen molar-refractivity contribution in [1.29, 1.82) is 0 Å². The number of rotatable bonds is 6. The highest BCUT2D eigenvalue weighted by molar-refractivity contribution is 7.11. The molecule has 4 nitrogen and oxygen atoms in total. The lowest BCUT2D eigenvalue weighted by atomic mass is 10.2. The van der Waals surface area contributed by atoms with Crippen LogP contribution >= 0.6 is 11.3 Å². The number of nitrogens with zero attached hydrogens (tertiary/aromatic N) is 1. The summed E-state index contributed by atoms with van der Waals surface area (Å²) in [6, 6.07) is 9.66. The van der Waals surface area contributed by atoms with Gasteiger partial charge in [0.2, 0.25) is 0 Å². The predicted molar refractivity (Wildman–Crippen MR) is 89.0 cm³/mol. The Labute approximate surface area is 142 Å². The number of aryl methyl sites for hydroxylation is 1. The standard InChI is InChI=1S/C16H18F3N3OS/c1-2-13-7-8-14(24-13)10-22-15(20)21-9-11-3-5-12(6-4-11)23-16(17,18)19/h3-8H,2,9-10H2,1H3,(H3,20,21,22). The lowest BCUT2D eigenvalue weighted by molar-refractivity contribution is -0.274. The molecule has 24 heavy (non-hydrogen) atoms. The minimum atomic E-state index is -4.69. The normalized spacial score (nSPS) is 12.2. The zero-order chi connectivity index (χ0) is 17.6. The number of nitrogens with one attached hydrogen (secondary N) is 1. The molecule has 0 fully saturated rings. The quantitative estimate of drug-likeness (QED) is 0.610. The van der Waals surface area contributed by atoms with Gasteiger partial charge in [0.05, 0.1) is 13.1 Å². The third kappa shape index (κ3) is 6.11. The second kappa shape index (κ2) is 8.05. The van der Waals surface area contributed by atoms with Crippen LogP contribution in [0, 0.1) is 0 Å². The number of halogens is 3. The Hall–Kier alpha value is -2.22. The first-order valence-corrected chi connectivity index (χ1v) is 8.13. The van der Waals surface area contributed by atoms with E-state index in [1.165, 1.54) is 34.0 Å². The summed E-state index contributed by atoms with van der Waals surface area (Å²) in [5.41, 5.74) is 6.53. The zero-order valence-electron chi connectivity index (χ0n) is 13.1. The fourth-order valence-corrected chi connectivity index (χ4v) is 2.81. The molecule has 0 radical (unpaired) electrons. The summed E-state index contributed by atoms with van der Waals surface area (Å²) in [5.74, 6) is 0.0304. The number of hydrogen-bond donors (Lipinski definition) is 2. The first-order chi connectivity index (χ1) is 11.4. The van der Waals surface area contributed by atoms with E-state index in [9.17, 15) is 13.2 Å². The van der Waals surface area contributed by atoms with Crippen molar-refractivity contribution in [2.45, 2.75) is 32.8 Å². The van der Waals surface area contributed by atoms with Gasteiger partial charge in [-0.1, -0.05) is 19.1 Å². The van der Waals surface area contributed by atoms with Crippen molar-refractivity contribution in [2.75, 3.05) is 0 Å². The second-order valence-electron chi connectivity index (χ2n) is 4.97. The molecule has 1 aromatic carbocycles. The van der Waals surface area contributed by atoms with Gasteiger partial charge in [-0.25, -0.2) is 4.99 Å². The number of thiophene rings is 1. The molecule has 0 atom stereocenters. The Morgan fingerprint density at radius 2 is 1.83 bits per heavy atom. The minimum Gasteiger partial charge on any atom is -0.406 e. The van der Waals surface area contributed by atoms with Gasteiger partial charge in [0, 0.05) is 9.75 Å². The first-order valence-electron chi connectivity index (χ1n) is 7.32. The molecule has 1 heterocycles. The maximum absolute atomic E-state index is 12.1. The SMILES string of the molecule is CCc1ccc(CNC(N)=NCc2ccc(OC(F)(F)F)cc2)s1. The van der Waals surface area contributed by atoms with Gasteiger partial charge >= 0.3 is 6.36 Å². The summed E-state index contributed by atoms with van der Waals surface area (Å²) in [5, 5.41) is 3.01. The monoisotopic (exact) mass is 357 g/mol. The maximum Gasteiger partial charge on any atom is 0.573 e. The van der Waals surface area contributed by atoms with Crippen molar-refractivity contribution in [3.8, 4) is 5.75 Å². The van der Waals surface area contributed by atoms with E-state index in [4.69, 9.17) is 5.73 Å². The molecule has 0 aliphatic heterocycles. The molecule has 3 N–H and O–H groups in total. The van der Waals surface area contributed by atoms with E-state index in [1.807, 2.05) is 6.07 Å². The summed E-state index contributed by atoms with van der Waals surface area (Å²) >= 11 is 1.72. The molecule has 2 rings (SSSR count). The number of ether oxygens (including phenoxy) is 1. The van der Waals surface area contributed by atoms with Crippen molar-refractivity contribution < 1.29 is 17.9 Å². The Morgan fingerprint density at radius 3 is 2.42 bits per heavy atom. The highest BCUT2D eigenvalue weighted by Crippen LogP contribution is 2.22. The van der Waals surface area contributed by atoms with Crippen LogP contribution in [-0.2, 0) is 19.5 Å². The summed E-state index contributed by atoms with van der Waals surface area (Å²) in [4.78, 5) is 6.64. The molecule has 0 bridgehead atoms.